The van der Waals surface area contributed by atoms with E-state index in [1.54, 1.807) is 48.2 Å². The first kappa shape index (κ1) is 24.5. The highest BCUT2D eigenvalue weighted by Gasteiger charge is 2.23. The molecule has 0 bridgehead atoms. The van der Waals surface area contributed by atoms with Crippen molar-refractivity contribution in [2.75, 3.05) is 11.2 Å². The van der Waals surface area contributed by atoms with Gasteiger partial charge in [0, 0.05) is 10.6 Å². The third-order valence-electron chi connectivity index (χ3n) is 4.43. The summed E-state index contributed by atoms with van der Waals surface area (Å²) < 4.78 is 54.3. The van der Waals surface area contributed by atoms with Gasteiger partial charge in [0.25, 0.3) is 0 Å². The minimum atomic E-state index is -3.67. The highest BCUT2D eigenvalue weighted by atomic mass is 32.2. The summed E-state index contributed by atoms with van der Waals surface area (Å²) in [5.74, 6) is 0.0287. The Morgan fingerprint density at radius 3 is 2.39 bits per heavy atom. The number of rotatable bonds is 9. The van der Waals surface area contributed by atoms with Crippen LogP contribution in [0.2, 0.25) is 0 Å². The van der Waals surface area contributed by atoms with Gasteiger partial charge >= 0.3 is 6.61 Å². The molecule has 0 amide bonds. The average Bonchev–Trinajstić information content (AvgIpc) is 3.13. The van der Waals surface area contributed by atoms with Gasteiger partial charge in [-0.25, -0.2) is 13.4 Å². The SMILES string of the molecule is Cc1sc(N(Cc2ccc(OC(F)F)cc2)c2ccc(C#N)cc2)nc1C(O)NS(C)(=O)=O. The number of aromatic nitrogens is 1. The van der Waals surface area contributed by atoms with Gasteiger partial charge in [0.15, 0.2) is 11.4 Å². The quantitative estimate of drug-likeness (QED) is 0.435. The fourth-order valence-electron chi connectivity index (χ4n) is 2.97. The van der Waals surface area contributed by atoms with Crippen LogP contribution in [0.4, 0.5) is 19.6 Å². The average molecular weight is 495 g/mol. The number of benzene rings is 2. The molecule has 3 aromatic rings. The second-order valence-corrected chi connectivity index (χ2v) is 9.96. The van der Waals surface area contributed by atoms with Gasteiger partial charge in [-0.3, -0.25) is 0 Å². The monoisotopic (exact) mass is 494 g/mol. The van der Waals surface area contributed by atoms with Crippen molar-refractivity contribution in [3.05, 3.63) is 70.2 Å². The Hall–Kier alpha value is -3.11. The van der Waals surface area contributed by atoms with Gasteiger partial charge in [-0.15, -0.1) is 11.3 Å². The molecule has 2 aromatic carbocycles. The summed E-state index contributed by atoms with van der Waals surface area (Å²) >= 11 is 1.24. The van der Waals surface area contributed by atoms with E-state index in [1.165, 1.54) is 23.5 Å². The maximum Gasteiger partial charge on any atom is 0.387 e. The fraction of sp³-hybridized carbons (Fsp3) is 0.238. The normalized spacial score (nSPS) is 12.4. The number of aliphatic hydroxyl groups is 1. The minimum absolute atomic E-state index is 0.0287. The van der Waals surface area contributed by atoms with Gasteiger partial charge in [0.05, 0.1) is 24.4 Å². The van der Waals surface area contributed by atoms with E-state index in [9.17, 15) is 22.3 Å². The van der Waals surface area contributed by atoms with Crippen molar-refractivity contribution < 1.29 is 27.0 Å². The van der Waals surface area contributed by atoms with Crippen LogP contribution in [-0.2, 0) is 16.6 Å². The van der Waals surface area contributed by atoms with Crippen molar-refractivity contribution in [2.24, 2.45) is 0 Å². The molecule has 0 saturated carbocycles. The van der Waals surface area contributed by atoms with Gasteiger partial charge < -0.3 is 14.7 Å². The summed E-state index contributed by atoms with van der Waals surface area (Å²) in [5, 5.41) is 19.8. The Morgan fingerprint density at radius 1 is 1.21 bits per heavy atom. The van der Waals surface area contributed by atoms with Gasteiger partial charge in [0.2, 0.25) is 10.0 Å². The number of ether oxygens (including phenoxy) is 1. The molecule has 12 heteroatoms. The molecule has 1 unspecified atom stereocenters. The van der Waals surface area contributed by atoms with Crippen LogP contribution in [0.3, 0.4) is 0 Å². The molecular formula is C21H20F2N4O4S2. The van der Waals surface area contributed by atoms with Crippen molar-refractivity contribution in [3.63, 3.8) is 0 Å². The van der Waals surface area contributed by atoms with Crippen molar-refractivity contribution in [2.45, 2.75) is 26.3 Å². The molecular weight excluding hydrogens is 474 g/mol. The van der Waals surface area contributed by atoms with Crippen molar-refractivity contribution >= 4 is 32.2 Å². The molecule has 1 atom stereocenters. The number of aryl methyl sites for hydroxylation is 1. The first-order valence-corrected chi connectivity index (χ1v) is 12.2. The molecule has 33 heavy (non-hydrogen) atoms. The van der Waals surface area contributed by atoms with Crippen molar-refractivity contribution in [3.8, 4) is 11.8 Å². The summed E-state index contributed by atoms with van der Waals surface area (Å²) in [7, 11) is -3.67. The lowest BCUT2D eigenvalue weighted by Crippen LogP contribution is -2.27. The Labute approximate surface area is 193 Å². The number of anilines is 2. The topological polar surface area (TPSA) is 116 Å². The van der Waals surface area contributed by atoms with Crippen molar-refractivity contribution in [1.82, 2.24) is 9.71 Å². The zero-order chi connectivity index (χ0) is 24.2. The van der Waals surface area contributed by atoms with Crippen LogP contribution in [0.15, 0.2) is 48.5 Å². The molecule has 0 saturated heterocycles. The largest absolute Gasteiger partial charge is 0.435 e. The van der Waals surface area contributed by atoms with Gasteiger partial charge in [-0.2, -0.15) is 18.8 Å². The number of thiazole rings is 1. The van der Waals surface area contributed by atoms with Crippen LogP contribution in [0, 0.1) is 18.3 Å². The van der Waals surface area contributed by atoms with E-state index in [2.05, 4.69) is 14.4 Å². The third kappa shape index (κ3) is 6.69. The molecule has 1 heterocycles. The maximum absolute atomic E-state index is 12.4. The van der Waals surface area contributed by atoms with Gasteiger partial charge in [-0.05, 0) is 48.9 Å². The zero-order valence-electron chi connectivity index (χ0n) is 17.6. The highest BCUT2D eigenvalue weighted by Crippen LogP contribution is 2.35. The van der Waals surface area contributed by atoms with Crippen LogP contribution < -0.4 is 14.4 Å². The summed E-state index contributed by atoms with van der Waals surface area (Å²) in [6.07, 6.45) is -0.581. The molecule has 0 aliphatic carbocycles. The number of hydrogen-bond acceptors (Lipinski definition) is 8. The summed E-state index contributed by atoms with van der Waals surface area (Å²) in [5.41, 5.74) is 2.08. The number of sulfonamides is 1. The van der Waals surface area contributed by atoms with Crippen LogP contribution >= 0.6 is 11.3 Å². The van der Waals surface area contributed by atoms with Crippen LogP contribution in [0.1, 0.15) is 27.9 Å². The lowest BCUT2D eigenvalue weighted by molar-refractivity contribution is -0.0498. The van der Waals surface area contributed by atoms with Crippen LogP contribution in [0.5, 0.6) is 5.75 Å². The van der Waals surface area contributed by atoms with Gasteiger partial charge in [-0.1, -0.05) is 12.1 Å². The molecule has 0 radical (unpaired) electrons. The number of nitriles is 1. The van der Waals surface area contributed by atoms with E-state index in [4.69, 9.17) is 5.26 Å². The molecule has 1 aromatic heterocycles. The Kier molecular flexibility index (Phi) is 7.60. The number of halogens is 2. The van der Waals surface area contributed by atoms with E-state index in [-0.39, 0.29) is 18.0 Å². The summed E-state index contributed by atoms with van der Waals surface area (Å²) in [6.45, 7) is -0.936. The Bertz CT molecular complexity index is 1240. The maximum atomic E-state index is 12.4. The third-order valence-corrected chi connectivity index (χ3v) is 6.10. The second kappa shape index (κ2) is 10.2. The standard InChI is InChI=1S/C21H20F2N4O4S2/c1-13-18(19(28)26-33(2,29)30)25-21(32-13)27(16-7-3-14(11-24)4-8-16)12-15-5-9-17(10-6-15)31-20(22)23/h3-10,19-20,26,28H,12H2,1-2H3. The van der Waals surface area contributed by atoms with E-state index in [1.807, 2.05) is 6.07 Å². The minimum Gasteiger partial charge on any atom is -0.435 e. The molecule has 0 aliphatic rings. The Morgan fingerprint density at radius 2 is 1.85 bits per heavy atom. The summed E-state index contributed by atoms with van der Waals surface area (Å²) in [6, 6.07) is 14.9. The molecule has 8 nitrogen and oxygen atoms in total. The Balaban J connectivity index is 1.96. The predicted molar refractivity (Wildman–Crippen MR) is 120 cm³/mol. The second-order valence-electron chi connectivity index (χ2n) is 7.00. The molecule has 0 fully saturated rings. The molecule has 3 rings (SSSR count). The van der Waals surface area contributed by atoms with Crippen molar-refractivity contribution in [1.29, 1.82) is 5.26 Å². The number of nitrogens with zero attached hydrogens (tertiary/aromatic N) is 3. The molecule has 2 N–H and O–H groups in total. The van der Waals surface area contributed by atoms with E-state index >= 15 is 0 Å². The zero-order valence-corrected chi connectivity index (χ0v) is 19.2. The van der Waals surface area contributed by atoms with E-state index < -0.39 is 22.9 Å². The number of aliphatic hydroxyl groups excluding tert-OH is 1. The number of alkyl halides is 2. The van der Waals surface area contributed by atoms with E-state index in [0.29, 0.717) is 21.3 Å². The van der Waals surface area contributed by atoms with Crippen LogP contribution in [-0.4, -0.2) is 31.4 Å². The van der Waals surface area contributed by atoms with E-state index in [0.717, 1.165) is 11.8 Å². The smallest absolute Gasteiger partial charge is 0.387 e. The first-order valence-electron chi connectivity index (χ1n) is 9.50. The lowest BCUT2D eigenvalue weighted by atomic mass is 10.1. The molecule has 174 valence electrons. The molecule has 0 aliphatic heterocycles. The predicted octanol–water partition coefficient (Wildman–Crippen LogP) is 3.80. The van der Waals surface area contributed by atoms with Gasteiger partial charge in [0.1, 0.15) is 11.4 Å². The lowest BCUT2D eigenvalue weighted by Gasteiger charge is -2.22. The summed E-state index contributed by atoms with van der Waals surface area (Å²) in [4.78, 5) is 6.85. The first-order chi connectivity index (χ1) is 15.6. The highest BCUT2D eigenvalue weighted by molar-refractivity contribution is 7.88. The van der Waals surface area contributed by atoms with Crippen LogP contribution in [0.25, 0.3) is 0 Å². The number of nitrogens with one attached hydrogen (secondary N) is 1. The number of hydrogen-bond donors (Lipinski definition) is 2. The fourth-order valence-corrected chi connectivity index (χ4v) is 4.44. The molecule has 0 spiro atoms.